The second kappa shape index (κ2) is 2.21. The third kappa shape index (κ3) is 1.02. The lowest BCUT2D eigenvalue weighted by Gasteiger charge is -1.92. The van der Waals surface area contributed by atoms with E-state index in [2.05, 4.69) is 21.7 Å². The van der Waals surface area contributed by atoms with E-state index in [4.69, 9.17) is 5.73 Å². The molecule has 0 bridgehead atoms. The van der Waals surface area contributed by atoms with Crippen LogP contribution < -0.4 is 5.73 Å². The Morgan fingerprint density at radius 2 is 2.44 bits per heavy atom. The largest absolute Gasteiger partial charge is 0.382 e. The van der Waals surface area contributed by atoms with Gasteiger partial charge in [-0.3, -0.25) is 4.99 Å². The van der Waals surface area contributed by atoms with Gasteiger partial charge in [0, 0.05) is 0 Å². The normalized spacial score (nSPS) is 8.89. The van der Waals surface area contributed by atoms with Gasteiger partial charge in [0.15, 0.2) is 5.82 Å². The molecular weight excluding hydrogens is 116 g/mol. The van der Waals surface area contributed by atoms with Crippen LogP contribution in [0, 0.1) is 0 Å². The van der Waals surface area contributed by atoms with Crippen molar-refractivity contribution >= 4 is 18.2 Å². The molecule has 4 heteroatoms. The summed E-state index contributed by atoms with van der Waals surface area (Å²) in [7, 11) is 0. The predicted octanol–water partition coefficient (Wildman–Crippen LogP) is 0.391. The Hall–Kier alpha value is -1.45. The summed E-state index contributed by atoms with van der Waals surface area (Å²) in [6.45, 7) is 3.28. The van der Waals surface area contributed by atoms with Crippen LogP contribution in [0.2, 0.25) is 0 Å². The number of nitrogens with zero attached hydrogens (tertiary/aromatic N) is 3. The summed E-state index contributed by atoms with van der Waals surface area (Å²) in [4.78, 5) is 10.9. The number of hydrogen-bond acceptors (Lipinski definition) is 4. The Balaban J connectivity index is 3.15. The number of aliphatic imine (C=N–C) groups is 1. The Labute approximate surface area is 52.5 Å². The van der Waals surface area contributed by atoms with E-state index in [1.807, 2.05) is 0 Å². The van der Waals surface area contributed by atoms with Gasteiger partial charge in [0.1, 0.15) is 12.0 Å². The van der Waals surface area contributed by atoms with Crippen molar-refractivity contribution in [3.8, 4) is 0 Å². The number of rotatable bonds is 1. The quantitative estimate of drug-likeness (QED) is 0.548. The van der Waals surface area contributed by atoms with Crippen molar-refractivity contribution in [3.63, 3.8) is 0 Å². The van der Waals surface area contributed by atoms with Crippen LogP contribution in [0.1, 0.15) is 0 Å². The molecule has 0 aliphatic rings. The van der Waals surface area contributed by atoms with Gasteiger partial charge in [0.25, 0.3) is 0 Å². The van der Waals surface area contributed by atoms with E-state index in [0.717, 1.165) is 0 Å². The first-order valence-corrected chi connectivity index (χ1v) is 2.37. The summed E-state index contributed by atoms with van der Waals surface area (Å²) >= 11 is 0. The van der Waals surface area contributed by atoms with Gasteiger partial charge in [-0.15, -0.1) is 0 Å². The van der Waals surface area contributed by atoms with Crippen LogP contribution in [-0.4, -0.2) is 16.7 Å². The zero-order chi connectivity index (χ0) is 6.69. The molecule has 0 aliphatic heterocycles. The SMILES string of the molecule is C=Nc1cncnc1N. The van der Waals surface area contributed by atoms with E-state index >= 15 is 0 Å². The van der Waals surface area contributed by atoms with Crippen LogP contribution in [0.5, 0.6) is 0 Å². The molecule has 0 aliphatic carbocycles. The lowest BCUT2D eigenvalue weighted by molar-refractivity contribution is 1.17. The summed E-state index contributed by atoms with van der Waals surface area (Å²) in [6, 6.07) is 0. The van der Waals surface area contributed by atoms with Crippen molar-refractivity contribution in [2.45, 2.75) is 0 Å². The van der Waals surface area contributed by atoms with Gasteiger partial charge in [0.05, 0.1) is 6.20 Å². The minimum Gasteiger partial charge on any atom is -0.382 e. The topological polar surface area (TPSA) is 64.2 Å². The standard InChI is InChI=1S/C5H6N4/c1-7-4-2-8-3-9-5(4)6/h2-3H,1H2,(H2,6,8,9). The zero-order valence-electron chi connectivity index (χ0n) is 4.78. The van der Waals surface area contributed by atoms with Crippen molar-refractivity contribution in [2.24, 2.45) is 4.99 Å². The van der Waals surface area contributed by atoms with E-state index in [1.54, 1.807) is 0 Å². The van der Waals surface area contributed by atoms with E-state index in [9.17, 15) is 0 Å². The van der Waals surface area contributed by atoms with Crippen molar-refractivity contribution in [1.29, 1.82) is 0 Å². The molecule has 4 nitrogen and oxygen atoms in total. The molecule has 1 rings (SSSR count). The lowest BCUT2D eigenvalue weighted by Crippen LogP contribution is -1.89. The third-order valence-electron chi connectivity index (χ3n) is 0.893. The lowest BCUT2D eigenvalue weighted by atomic mass is 10.5. The second-order valence-electron chi connectivity index (χ2n) is 1.45. The zero-order valence-corrected chi connectivity index (χ0v) is 4.78. The van der Waals surface area contributed by atoms with Gasteiger partial charge >= 0.3 is 0 Å². The molecule has 0 saturated heterocycles. The van der Waals surface area contributed by atoms with Gasteiger partial charge < -0.3 is 5.73 Å². The van der Waals surface area contributed by atoms with E-state index in [1.165, 1.54) is 12.5 Å². The van der Waals surface area contributed by atoms with Crippen LogP contribution in [0.4, 0.5) is 11.5 Å². The first kappa shape index (κ1) is 5.68. The maximum Gasteiger partial charge on any atom is 0.152 e. The van der Waals surface area contributed by atoms with Crippen LogP contribution in [0.3, 0.4) is 0 Å². The maximum atomic E-state index is 5.35. The molecule has 9 heavy (non-hydrogen) atoms. The summed E-state index contributed by atoms with van der Waals surface area (Å²) in [6.07, 6.45) is 2.87. The minimum atomic E-state index is 0.361. The number of nitrogens with two attached hydrogens (primary N) is 1. The Morgan fingerprint density at radius 1 is 1.67 bits per heavy atom. The molecule has 1 aromatic rings. The Kier molecular flexibility index (Phi) is 1.40. The van der Waals surface area contributed by atoms with E-state index < -0.39 is 0 Å². The molecular formula is C5H6N4. The number of anilines is 1. The monoisotopic (exact) mass is 122 g/mol. The second-order valence-corrected chi connectivity index (χ2v) is 1.45. The molecule has 46 valence electrons. The maximum absolute atomic E-state index is 5.35. The number of nitrogen functional groups attached to an aromatic ring is 1. The molecule has 1 heterocycles. The molecule has 0 fully saturated rings. The highest BCUT2D eigenvalue weighted by molar-refractivity contribution is 5.58. The molecule has 0 unspecified atom stereocenters. The smallest absolute Gasteiger partial charge is 0.152 e. The predicted molar refractivity (Wildman–Crippen MR) is 35.7 cm³/mol. The third-order valence-corrected chi connectivity index (χ3v) is 0.893. The number of aromatic nitrogens is 2. The molecule has 1 aromatic heterocycles. The van der Waals surface area contributed by atoms with Crippen molar-refractivity contribution in [1.82, 2.24) is 9.97 Å². The van der Waals surface area contributed by atoms with Crippen LogP contribution in [0.25, 0.3) is 0 Å². The van der Waals surface area contributed by atoms with Crippen molar-refractivity contribution in [3.05, 3.63) is 12.5 Å². The first-order chi connectivity index (χ1) is 4.34. The summed E-state index contributed by atoms with van der Waals surface area (Å²) in [5.41, 5.74) is 5.87. The molecule has 0 aromatic carbocycles. The van der Waals surface area contributed by atoms with Gasteiger partial charge in [-0.2, -0.15) is 0 Å². The van der Waals surface area contributed by atoms with Crippen molar-refractivity contribution < 1.29 is 0 Å². The van der Waals surface area contributed by atoms with Gasteiger partial charge in [-0.1, -0.05) is 0 Å². The fraction of sp³-hybridized carbons (Fsp3) is 0. The van der Waals surface area contributed by atoms with Gasteiger partial charge in [0.2, 0.25) is 0 Å². The highest BCUT2D eigenvalue weighted by Gasteiger charge is 1.92. The fourth-order valence-electron chi connectivity index (χ4n) is 0.454. The van der Waals surface area contributed by atoms with Crippen LogP contribution in [0.15, 0.2) is 17.5 Å². The van der Waals surface area contributed by atoms with Gasteiger partial charge in [-0.05, 0) is 6.72 Å². The molecule has 0 spiro atoms. The minimum absolute atomic E-state index is 0.361. The molecule has 0 radical (unpaired) electrons. The van der Waals surface area contributed by atoms with E-state index in [0.29, 0.717) is 11.5 Å². The fourth-order valence-corrected chi connectivity index (χ4v) is 0.454. The summed E-state index contributed by atoms with van der Waals surface area (Å²) < 4.78 is 0. The molecule has 0 atom stereocenters. The van der Waals surface area contributed by atoms with E-state index in [-0.39, 0.29) is 0 Å². The van der Waals surface area contributed by atoms with Crippen molar-refractivity contribution in [2.75, 3.05) is 5.73 Å². The van der Waals surface area contributed by atoms with Crippen LogP contribution in [-0.2, 0) is 0 Å². The molecule has 0 saturated carbocycles. The average Bonchev–Trinajstić information content (AvgIpc) is 1.89. The van der Waals surface area contributed by atoms with Crippen LogP contribution >= 0.6 is 0 Å². The first-order valence-electron chi connectivity index (χ1n) is 2.37. The summed E-state index contributed by atoms with van der Waals surface area (Å²) in [5, 5.41) is 0. The molecule has 0 amide bonds. The highest BCUT2D eigenvalue weighted by Crippen LogP contribution is 2.13. The Morgan fingerprint density at radius 3 is 2.89 bits per heavy atom. The molecule has 2 N–H and O–H groups in total. The highest BCUT2D eigenvalue weighted by atomic mass is 14.9. The Bertz CT molecular complexity index is 220. The summed E-state index contributed by atoms with van der Waals surface area (Å²) in [5.74, 6) is 0.361. The average molecular weight is 122 g/mol. The number of hydrogen-bond donors (Lipinski definition) is 1. The van der Waals surface area contributed by atoms with Gasteiger partial charge in [-0.25, -0.2) is 9.97 Å².